The van der Waals surface area contributed by atoms with Gasteiger partial charge in [0.2, 0.25) is 0 Å². The third kappa shape index (κ3) is 5.11. The van der Waals surface area contributed by atoms with Crippen LogP contribution in [0.25, 0.3) is 5.76 Å². The van der Waals surface area contributed by atoms with Gasteiger partial charge in [-0.25, -0.2) is 0 Å². The molecule has 1 saturated heterocycles. The maximum atomic E-state index is 13.0. The van der Waals surface area contributed by atoms with Crippen LogP contribution in [0.1, 0.15) is 36.9 Å². The normalized spacial score (nSPS) is 17.9. The van der Waals surface area contributed by atoms with Gasteiger partial charge < -0.3 is 24.7 Å². The number of Topliss-reactive ketones (excluding diaryl/α,β-unsaturated/α-hetero) is 1. The number of amides is 1. The molecule has 3 rings (SSSR count). The summed E-state index contributed by atoms with van der Waals surface area (Å²) < 4.78 is 5.65. The van der Waals surface area contributed by atoms with Crippen LogP contribution in [0.5, 0.6) is 11.5 Å². The van der Waals surface area contributed by atoms with E-state index in [4.69, 9.17) is 4.74 Å². The third-order valence-electron chi connectivity index (χ3n) is 5.31. The number of aromatic hydroxyl groups is 1. The van der Waals surface area contributed by atoms with Crippen molar-refractivity contribution in [2.45, 2.75) is 25.8 Å². The predicted molar refractivity (Wildman–Crippen MR) is 123 cm³/mol. The molecule has 1 amide bonds. The van der Waals surface area contributed by atoms with Gasteiger partial charge in [0, 0.05) is 12.1 Å². The molecule has 2 aromatic rings. The molecule has 2 N–H and O–H groups in total. The molecule has 7 nitrogen and oxygen atoms in total. The molecular weight excluding hydrogens is 408 g/mol. The van der Waals surface area contributed by atoms with Gasteiger partial charge in [0.25, 0.3) is 11.7 Å². The smallest absolute Gasteiger partial charge is 0.295 e. The van der Waals surface area contributed by atoms with Gasteiger partial charge in [-0.3, -0.25) is 9.59 Å². The Morgan fingerprint density at radius 1 is 1.12 bits per heavy atom. The molecule has 1 aliphatic rings. The first-order chi connectivity index (χ1) is 15.3. The Bertz CT molecular complexity index is 1010. The number of ether oxygens (including phenoxy) is 1. The summed E-state index contributed by atoms with van der Waals surface area (Å²) in [5.41, 5.74) is 0.974. The van der Waals surface area contributed by atoms with Crippen LogP contribution in [-0.4, -0.2) is 65.5 Å². The molecule has 0 aromatic heterocycles. The topological polar surface area (TPSA) is 90.3 Å². The van der Waals surface area contributed by atoms with Crippen molar-refractivity contribution in [3.63, 3.8) is 0 Å². The zero-order valence-electron chi connectivity index (χ0n) is 18.7. The molecule has 7 heteroatoms. The Morgan fingerprint density at radius 2 is 1.88 bits per heavy atom. The highest BCUT2D eigenvalue weighted by Crippen LogP contribution is 2.40. The van der Waals surface area contributed by atoms with Crippen LogP contribution in [0.2, 0.25) is 0 Å². The van der Waals surface area contributed by atoms with E-state index in [2.05, 4.69) is 0 Å². The van der Waals surface area contributed by atoms with E-state index < -0.39 is 17.7 Å². The number of aliphatic hydroxyl groups excluding tert-OH is 1. The Hall–Kier alpha value is -3.32. The molecule has 0 bridgehead atoms. The van der Waals surface area contributed by atoms with Gasteiger partial charge in [0.1, 0.15) is 17.3 Å². The maximum Gasteiger partial charge on any atom is 0.295 e. The van der Waals surface area contributed by atoms with Crippen molar-refractivity contribution in [3.8, 4) is 11.5 Å². The van der Waals surface area contributed by atoms with Crippen LogP contribution in [0.4, 0.5) is 0 Å². The molecule has 1 fully saturated rings. The summed E-state index contributed by atoms with van der Waals surface area (Å²) in [5.74, 6) is -1.05. The average molecular weight is 439 g/mol. The first kappa shape index (κ1) is 23.3. The van der Waals surface area contributed by atoms with Crippen molar-refractivity contribution in [1.82, 2.24) is 9.80 Å². The standard InChI is InChI=1S/C25H30N2O5/c1-4-14-32-20-11-6-9-18(16-20)23(29)21-22(17-8-5-10-19(28)15-17)27(25(31)24(21)30)13-7-12-26(2)3/h5-6,8-11,15-16,22,28-29H,4,7,12-14H2,1-3H3/b23-21-. The maximum absolute atomic E-state index is 13.0. The fourth-order valence-electron chi connectivity index (χ4n) is 3.82. The van der Waals surface area contributed by atoms with Crippen LogP contribution < -0.4 is 4.74 Å². The second kappa shape index (κ2) is 10.3. The molecule has 1 heterocycles. The molecule has 1 unspecified atom stereocenters. The summed E-state index contributed by atoms with van der Waals surface area (Å²) in [6.45, 7) is 3.62. The van der Waals surface area contributed by atoms with Crippen molar-refractivity contribution in [2.75, 3.05) is 33.8 Å². The number of nitrogens with zero attached hydrogens (tertiary/aromatic N) is 2. The molecule has 1 atom stereocenters. The average Bonchev–Trinajstić information content (AvgIpc) is 3.02. The van der Waals surface area contributed by atoms with Crippen LogP contribution in [0, 0.1) is 0 Å². The minimum Gasteiger partial charge on any atom is -0.508 e. The van der Waals surface area contributed by atoms with Crippen LogP contribution >= 0.6 is 0 Å². The zero-order chi connectivity index (χ0) is 23.3. The summed E-state index contributed by atoms with van der Waals surface area (Å²) in [6, 6.07) is 12.5. The number of rotatable bonds is 9. The van der Waals surface area contributed by atoms with Crippen molar-refractivity contribution in [1.29, 1.82) is 0 Å². The lowest BCUT2D eigenvalue weighted by molar-refractivity contribution is -0.139. The van der Waals surface area contributed by atoms with Crippen LogP contribution in [-0.2, 0) is 9.59 Å². The summed E-state index contributed by atoms with van der Waals surface area (Å²) in [4.78, 5) is 29.5. The highest BCUT2D eigenvalue weighted by molar-refractivity contribution is 6.46. The molecule has 0 saturated carbocycles. The molecule has 0 aliphatic carbocycles. The largest absolute Gasteiger partial charge is 0.508 e. The first-order valence-corrected chi connectivity index (χ1v) is 10.8. The minimum atomic E-state index is -0.788. The lowest BCUT2D eigenvalue weighted by Gasteiger charge is -2.26. The second-order valence-corrected chi connectivity index (χ2v) is 8.12. The lowest BCUT2D eigenvalue weighted by atomic mass is 9.95. The minimum absolute atomic E-state index is 0.0121. The monoisotopic (exact) mass is 438 g/mol. The molecule has 0 radical (unpaired) electrons. The van der Waals surface area contributed by atoms with Crippen molar-refractivity contribution in [2.24, 2.45) is 0 Å². The van der Waals surface area contributed by atoms with Gasteiger partial charge in [0.05, 0.1) is 18.2 Å². The van der Waals surface area contributed by atoms with Gasteiger partial charge >= 0.3 is 0 Å². The van der Waals surface area contributed by atoms with Gasteiger partial charge in [-0.05, 0) is 63.3 Å². The van der Waals surface area contributed by atoms with Crippen molar-refractivity contribution < 1.29 is 24.5 Å². The predicted octanol–water partition coefficient (Wildman–Crippen LogP) is 3.55. The number of likely N-dealkylation sites (tertiary alicyclic amines) is 1. The number of phenols is 1. The van der Waals surface area contributed by atoms with E-state index in [-0.39, 0.29) is 17.1 Å². The van der Waals surface area contributed by atoms with Crippen molar-refractivity contribution in [3.05, 3.63) is 65.2 Å². The van der Waals surface area contributed by atoms with E-state index in [9.17, 15) is 19.8 Å². The highest BCUT2D eigenvalue weighted by Gasteiger charge is 2.45. The first-order valence-electron chi connectivity index (χ1n) is 10.8. The number of phenolic OH excluding ortho intramolecular Hbond substituents is 1. The number of benzene rings is 2. The summed E-state index contributed by atoms with van der Waals surface area (Å²) in [5, 5.41) is 21.2. The number of carbonyl (C=O) groups excluding carboxylic acids is 2. The number of ketones is 1. The second-order valence-electron chi connectivity index (χ2n) is 8.12. The zero-order valence-corrected chi connectivity index (χ0v) is 18.7. The number of hydrogen-bond donors (Lipinski definition) is 2. The van der Waals surface area contributed by atoms with Gasteiger partial charge in [-0.15, -0.1) is 0 Å². The van der Waals surface area contributed by atoms with E-state index in [1.807, 2.05) is 25.9 Å². The summed E-state index contributed by atoms with van der Waals surface area (Å²) in [6.07, 6.45) is 1.50. The third-order valence-corrected chi connectivity index (χ3v) is 5.31. The van der Waals surface area contributed by atoms with E-state index in [0.29, 0.717) is 36.4 Å². The van der Waals surface area contributed by atoms with Crippen LogP contribution in [0.3, 0.4) is 0 Å². The van der Waals surface area contributed by atoms with Crippen LogP contribution in [0.15, 0.2) is 54.1 Å². The molecule has 2 aromatic carbocycles. The molecular formula is C25H30N2O5. The van der Waals surface area contributed by atoms with Gasteiger partial charge in [-0.1, -0.05) is 31.2 Å². The van der Waals surface area contributed by atoms with Gasteiger partial charge in [-0.2, -0.15) is 0 Å². The van der Waals surface area contributed by atoms with E-state index in [1.165, 1.54) is 17.0 Å². The Kier molecular flexibility index (Phi) is 7.53. The quantitative estimate of drug-likeness (QED) is 0.354. The highest BCUT2D eigenvalue weighted by atomic mass is 16.5. The fourth-order valence-corrected chi connectivity index (χ4v) is 3.82. The van der Waals surface area contributed by atoms with Gasteiger partial charge in [0.15, 0.2) is 0 Å². The Labute approximate surface area is 188 Å². The summed E-state index contributed by atoms with van der Waals surface area (Å²) >= 11 is 0. The number of hydrogen-bond acceptors (Lipinski definition) is 6. The molecule has 0 spiro atoms. The van der Waals surface area contributed by atoms with E-state index in [1.54, 1.807) is 36.4 Å². The Morgan fingerprint density at radius 3 is 2.56 bits per heavy atom. The van der Waals surface area contributed by atoms with Crippen molar-refractivity contribution >= 4 is 17.4 Å². The molecule has 170 valence electrons. The Balaban J connectivity index is 2.06. The SMILES string of the molecule is CCCOc1cccc(/C(O)=C2/C(=O)C(=O)N(CCCN(C)C)C2c2cccc(O)c2)c1. The van der Waals surface area contributed by atoms with E-state index in [0.717, 1.165) is 13.0 Å². The molecule has 32 heavy (non-hydrogen) atoms. The summed E-state index contributed by atoms with van der Waals surface area (Å²) in [7, 11) is 3.88. The number of aliphatic hydroxyl groups is 1. The lowest BCUT2D eigenvalue weighted by Crippen LogP contribution is -2.32. The number of carbonyl (C=O) groups is 2. The van der Waals surface area contributed by atoms with E-state index >= 15 is 0 Å². The fraction of sp³-hybridized carbons (Fsp3) is 0.360. The molecule has 1 aliphatic heterocycles.